The molecule has 0 saturated heterocycles. The van der Waals surface area contributed by atoms with E-state index < -0.39 is 24.3 Å². The normalized spacial score (nSPS) is 10.1. The Morgan fingerprint density at radius 2 is 1.56 bits per heavy atom. The molecule has 164 valence electrons. The molecule has 0 unspecified atom stereocenters. The fraction of sp³-hybridized carbons (Fsp3) is 0.130. The van der Waals surface area contributed by atoms with E-state index in [0.29, 0.717) is 23.6 Å². The van der Waals surface area contributed by atoms with Gasteiger partial charge in [-0.05, 0) is 42.0 Å². The van der Waals surface area contributed by atoms with Gasteiger partial charge in [-0.15, -0.1) is 0 Å². The van der Waals surface area contributed by atoms with Crippen molar-refractivity contribution in [1.82, 2.24) is 15.8 Å². The monoisotopic (exact) mass is 434 g/mol. The maximum Gasteiger partial charge on any atom is 0.271 e. The highest BCUT2D eigenvalue weighted by molar-refractivity contribution is 5.95. The average Bonchev–Trinajstić information content (AvgIpc) is 2.83. The molecule has 0 aliphatic rings. The molecule has 0 spiro atoms. The van der Waals surface area contributed by atoms with Gasteiger partial charge in [-0.25, -0.2) is 0 Å². The summed E-state index contributed by atoms with van der Waals surface area (Å²) in [4.78, 5) is 39.3. The molecule has 9 nitrogen and oxygen atoms in total. The molecule has 3 rings (SSSR count). The van der Waals surface area contributed by atoms with E-state index in [4.69, 9.17) is 9.47 Å². The molecule has 2 aromatic carbocycles. The van der Waals surface area contributed by atoms with E-state index in [0.717, 1.165) is 5.56 Å². The van der Waals surface area contributed by atoms with Gasteiger partial charge in [0.15, 0.2) is 0 Å². The number of nitrogens with zero attached hydrogens (tertiary/aromatic N) is 1. The number of pyridine rings is 1. The number of benzene rings is 2. The predicted molar refractivity (Wildman–Crippen MR) is 117 cm³/mol. The number of nitrogens with one attached hydrogen (secondary N) is 3. The first-order valence-corrected chi connectivity index (χ1v) is 9.74. The highest BCUT2D eigenvalue weighted by Gasteiger charge is 2.09. The molecule has 0 aliphatic heterocycles. The van der Waals surface area contributed by atoms with Gasteiger partial charge in [0.25, 0.3) is 11.8 Å². The molecule has 3 aromatic rings. The van der Waals surface area contributed by atoms with Crippen molar-refractivity contribution in [2.24, 2.45) is 0 Å². The van der Waals surface area contributed by atoms with Crippen LogP contribution in [0, 0.1) is 0 Å². The Morgan fingerprint density at radius 1 is 0.812 bits per heavy atom. The third-order valence-electron chi connectivity index (χ3n) is 4.09. The number of carbonyl (C=O) groups excluding carboxylic acids is 3. The summed E-state index contributed by atoms with van der Waals surface area (Å²) < 4.78 is 10.8. The van der Waals surface area contributed by atoms with Crippen LogP contribution in [0.5, 0.6) is 5.75 Å². The second kappa shape index (κ2) is 11.8. The minimum absolute atomic E-state index is 0.296. The first kappa shape index (κ1) is 22.4. The number of amides is 3. The van der Waals surface area contributed by atoms with Gasteiger partial charge in [-0.2, -0.15) is 0 Å². The van der Waals surface area contributed by atoms with Crippen LogP contribution in [0.25, 0.3) is 0 Å². The molecule has 3 N–H and O–H groups in total. The first-order valence-electron chi connectivity index (χ1n) is 9.74. The second-order valence-electron chi connectivity index (χ2n) is 6.58. The van der Waals surface area contributed by atoms with Crippen LogP contribution >= 0.6 is 0 Å². The van der Waals surface area contributed by atoms with Crippen molar-refractivity contribution in [1.29, 1.82) is 0 Å². The van der Waals surface area contributed by atoms with E-state index in [-0.39, 0.29) is 6.61 Å². The molecule has 0 atom stereocenters. The van der Waals surface area contributed by atoms with Crippen LogP contribution < -0.4 is 20.9 Å². The van der Waals surface area contributed by atoms with Gasteiger partial charge >= 0.3 is 0 Å². The van der Waals surface area contributed by atoms with Gasteiger partial charge in [-0.1, -0.05) is 30.3 Å². The maximum absolute atomic E-state index is 12.0. The SMILES string of the molecule is O=C(COCC(=O)Nc1ccc(OCc2ccccc2)cc1)NNC(=O)c1cccnc1. The fourth-order valence-corrected chi connectivity index (χ4v) is 2.54. The van der Waals surface area contributed by atoms with Crippen molar-refractivity contribution in [2.75, 3.05) is 18.5 Å². The van der Waals surface area contributed by atoms with Crippen LogP contribution in [-0.4, -0.2) is 35.9 Å². The first-order chi connectivity index (χ1) is 15.6. The molecule has 0 saturated carbocycles. The molecular weight excluding hydrogens is 412 g/mol. The third-order valence-corrected chi connectivity index (χ3v) is 4.09. The van der Waals surface area contributed by atoms with E-state index in [1.165, 1.54) is 12.4 Å². The molecule has 3 amide bonds. The van der Waals surface area contributed by atoms with Crippen molar-refractivity contribution in [3.63, 3.8) is 0 Å². The molecule has 32 heavy (non-hydrogen) atoms. The molecule has 9 heteroatoms. The summed E-state index contributed by atoms with van der Waals surface area (Å²) in [5.74, 6) is -0.862. The molecule has 1 aromatic heterocycles. The minimum Gasteiger partial charge on any atom is -0.489 e. The second-order valence-corrected chi connectivity index (χ2v) is 6.58. The number of ether oxygens (including phenoxy) is 2. The molecule has 1 heterocycles. The molecule has 0 aliphatic carbocycles. The zero-order valence-corrected chi connectivity index (χ0v) is 17.1. The lowest BCUT2D eigenvalue weighted by molar-refractivity contribution is -0.129. The lowest BCUT2D eigenvalue weighted by Crippen LogP contribution is -2.43. The number of anilines is 1. The van der Waals surface area contributed by atoms with E-state index in [2.05, 4.69) is 21.2 Å². The summed E-state index contributed by atoms with van der Waals surface area (Å²) >= 11 is 0. The van der Waals surface area contributed by atoms with Gasteiger partial charge in [0.05, 0.1) is 5.56 Å². The summed E-state index contributed by atoms with van der Waals surface area (Å²) in [6, 6.07) is 19.9. The van der Waals surface area contributed by atoms with E-state index >= 15 is 0 Å². The quantitative estimate of drug-likeness (QED) is 0.444. The minimum atomic E-state index is -0.602. The van der Waals surface area contributed by atoms with Crippen molar-refractivity contribution >= 4 is 23.4 Å². The topological polar surface area (TPSA) is 119 Å². The summed E-state index contributed by atoms with van der Waals surface area (Å²) in [6.07, 6.45) is 2.90. The number of carbonyl (C=O) groups is 3. The third kappa shape index (κ3) is 7.54. The van der Waals surface area contributed by atoms with Crippen LogP contribution in [0.15, 0.2) is 79.1 Å². The summed E-state index contributed by atoms with van der Waals surface area (Å²) in [5.41, 5.74) is 6.35. The van der Waals surface area contributed by atoms with Crippen molar-refractivity contribution in [3.05, 3.63) is 90.3 Å². The Bertz CT molecular complexity index is 1030. The van der Waals surface area contributed by atoms with Crippen LogP contribution in [-0.2, 0) is 20.9 Å². The predicted octanol–water partition coefficient (Wildman–Crippen LogP) is 2.08. The molecular formula is C23H22N4O5. The zero-order valence-electron chi connectivity index (χ0n) is 17.1. The van der Waals surface area contributed by atoms with Gasteiger partial charge in [-0.3, -0.25) is 30.2 Å². The van der Waals surface area contributed by atoms with Gasteiger partial charge in [0, 0.05) is 18.1 Å². The molecule has 0 radical (unpaired) electrons. The lowest BCUT2D eigenvalue weighted by atomic mass is 10.2. The Labute approximate surface area is 184 Å². The van der Waals surface area contributed by atoms with E-state index in [1.807, 2.05) is 30.3 Å². The van der Waals surface area contributed by atoms with Gasteiger partial charge in [0.2, 0.25) is 5.91 Å². The Balaban J connectivity index is 1.32. The Morgan fingerprint density at radius 3 is 2.28 bits per heavy atom. The van der Waals surface area contributed by atoms with Gasteiger partial charge < -0.3 is 14.8 Å². The van der Waals surface area contributed by atoms with Crippen molar-refractivity contribution < 1.29 is 23.9 Å². The number of rotatable bonds is 9. The van der Waals surface area contributed by atoms with Gasteiger partial charge in [0.1, 0.15) is 25.6 Å². The average molecular weight is 434 g/mol. The summed E-state index contributed by atoms with van der Waals surface area (Å²) in [5, 5.41) is 2.66. The highest BCUT2D eigenvalue weighted by Crippen LogP contribution is 2.17. The standard InChI is InChI=1S/C23H22N4O5/c28-21(15-31-16-22(29)26-27-23(30)18-7-4-12-24-13-18)25-19-8-10-20(11-9-19)32-14-17-5-2-1-3-6-17/h1-13H,14-16H2,(H,25,28)(H,26,29)(H,27,30). The summed E-state index contributed by atoms with van der Waals surface area (Å²) in [6.45, 7) is -0.269. The van der Waals surface area contributed by atoms with Crippen LogP contribution in [0.4, 0.5) is 5.69 Å². The van der Waals surface area contributed by atoms with Crippen LogP contribution in [0.2, 0.25) is 0 Å². The van der Waals surface area contributed by atoms with Crippen molar-refractivity contribution in [2.45, 2.75) is 6.61 Å². The molecule has 0 fully saturated rings. The van der Waals surface area contributed by atoms with Crippen LogP contribution in [0.3, 0.4) is 0 Å². The number of hydrazine groups is 1. The summed E-state index contributed by atoms with van der Waals surface area (Å²) in [7, 11) is 0. The maximum atomic E-state index is 12.0. The number of hydrogen-bond donors (Lipinski definition) is 3. The number of hydrogen-bond acceptors (Lipinski definition) is 6. The van der Waals surface area contributed by atoms with E-state index in [1.54, 1.807) is 36.4 Å². The van der Waals surface area contributed by atoms with E-state index in [9.17, 15) is 14.4 Å². The Kier molecular flexibility index (Phi) is 8.29. The van der Waals surface area contributed by atoms with Crippen molar-refractivity contribution in [3.8, 4) is 5.75 Å². The lowest BCUT2D eigenvalue weighted by Gasteiger charge is -2.09. The fourth-order valence-electron chi connectivity index (χ4n) is 2.54. The van der Waals surface area contributed by atoms with Crippen LogP contribution in [0.1, 0.15) is 15.9 Å². The smallest absolute Gasteiger partial charge is 0.271 e. The Hall–Kier alpha value is -4.24. The zero-order chi connectivity index (χ0) is 22.6. The largest absolute Gasteiger partial charge is 0.489 e. The number of aromatic nitrogens is 1. The molecule has 0 bridgehead atoms. The highest BCUT2D eigenvalue weighted by atomic mass is 16.5.